The van der Waals surface area contributed by atoms with Crippen LogP contribution < -0.4 is 14.2 Å². The van der Waals surface area contributed by atoms with Crippen molar-refractivity contribution >= 4 is 28.8 Å². The molecule has 0 fully saturated rings. The SMILES string of the molecule is COc1ccc(C(=C(Cl)Cl)c2ccc(OC)c(OCc3ccccc3)c2)cc1. The van der Waals surface area contributed by atoms with Crippen molar-refractivity contribution in [3.63, 3.8) is 0 Å². The maximum Gasteiger partial charge on any atom is 0.162 e. The van der Waals surface area contributed by atoms with E-state index in [1.807, 2.05) is 72.8 Å². The lowest BCUT2D eigenvalue weighted by Crippen LogP contribution is -1.99. The van der Waals surface area contributed by atoms with Crippen LogP contribution in [0.1, 0.15) is 16.7 Å². The summed E-state index contributed by atoms with van der Waals surface area (Å²) in [5, 5.41) is 0. The van der Waals surface area contributed by atoms with Gasteiger partial charge in [-0.2, -0.15) is 0 Å². The Hall–Kier alpha value is -2.62. The largest absolute Gasteiger partial charge is 0.497 e. The van der Waals surface area contributed by atoms with Crippen molar-refractivity contribution in [2.24, 2.45) is 0 Å². The van der Waals surface area contributed by atoms with Gasteiger partial charge in [0.2, 0.25) is 0 Å². The molecule has 3 aromatic carbocycles. The molecule has 0 aliphatic rings. The van der Waals surface area contributed by atoms with E-state index < -0.39 is 0 Å². The molecule has 0 unspecified atom stereocenters. The van der Waals surface area contributed by atoms with Crippen molar-refractivity contribution in [3.05, 3.63) is 94.0 Å². The third kappa shape index (κ3) is 4.80. The van der Waals surface area contributed by atoms with Crippen molar-refractivity contribution in [1.29, 1.82) is 0 Å². The molecule has 0 saturated heterocycles. The number of halogens is 2. The standard InChI is InChI=1S/C23H20Cl2O3/c1-26-19-11-8-17(9-12-19)22(23(24)25)18-10-13-20(27-2)21(14-18)28-15-16-6-4-3-5-7-16/h3-14H,15H2,1-2H3. The van der Waals surface area contributed by atoms with E-state index in [-0.39, 0.29) is 4.49 Å². The molecular formula is C23H20Cl2O3. The van der Waals surface area contributed by atoms with Gasteiger partial charge in [-0.1, -0.05) is 71.7 Å². The molecule has 0 aliphatic heterocycles. The fourth-order valence-electron chi connectivity index (χ4n) is 2.82. The molecule has 0 radical (unpaired) electrons. The van der Waals surface area contributed by atoms with E-state index in [0.717, 1.165) is 22.4 Å². The Labute approximate surface area is 175 Å². The second-order valence-corrected chi connectivity index (χ2v) is 6.95. The third-order valence-corrected chi connectivity index (χ3v) is 4.64. The molecule has 0 heterocycles. The lowest BCUT2D eigenvalue weighted by molar-refractivity contribution is 0.284. The van der Waals surface area contributed by atoms with E-state index in [1.165, 1.54) is 0 Å². The maximum atomic E-state index is 6.23. The summed E-state index contributed by atoms with van der Waals surface area (Å²) in [6.07, 6.45) is 0. The van der Waals surface area contributed by atoms with Gasteiger partial charge in [-0.15, -0.1) is 0 Å². The van der Waals surface area contributed by atoms with Gasteiger partial charge in [0, 0.05) is 5.57 Å². The highest BCUT2D eigenvalue weighted by Gasteiger charge is 2.14. The molecule has 0 N–H and O–H groups in total. The molecule has 3 rings (SSSR count). The Morgan fingerprint density at radius 2 is 1.43 bits per heavy atom. The Morgan fingerprint density at radius 3 is 2.04 bits per heavy atom. The number of hydrogen-bond donors (Lipinski definition) is 0. The van der Waals surface area contributed by atoms with E-state index in [9.17, 15) is 0 Å². The zero-order valence-corrected chi connectivity index (χ0v) is 17.1. The minimum atomic E-state index is 0.171. The minimum Gasteiger partial charge on any atom is -0.497 e. The molecule has 5 heteroatoms. The highest BCUT2D eigenvalue weighted by molar-refractivity contribution is 6.59. The van der Waals surface area contributed by atoms with Crippen LogP contribution in [-0.4, -0.2) is 14.2 Å². The smallest absolute Gasteiger partial charge is 0.162 e. The van der Waals surface area contributed by atoms with E-state index in [2.05, 4.69) is 0 Å². The third-order valence-electron chi connectivity index (χ3n) is 4.26. The summed E-state index contributed by atoms with van der Waals surface area (Å²) >= 11 is 12.5. The molecule has 0 bridgehead atoms. The van der Waals surface area contributed by atoms with Gasteiger partial charge < -0.3 is 14.2 Å². The molecule has 0 amide bonds. The predicted octanol–water partition coefficient (Wildman–Crippen LogP) is 6.48. The van der Waals surface area contributed by atoms with Gasteiger partial charge in [-0.05, 0) is 41.0 Å². The summed E-state index contributed by atoms with van der Waals surface area (Å²) in [6.45, 7) is 0.427. The maximum absolute atomic E-state index is 6.23. The van der Waals surface area contributed by atoms with Crippen LogP contribution in [0.2, 0.25) is 0 Å². The van der Waals surface area contributed by atoms with Crippen LogP contribution >= 0.6 is 23.2 Å². The van der Waals surface area contributed by atoms with Gasteiger partial charge in [0.25, 0.3) is 0 Å². The van der Waals surface area contributed by atoms with E-state index in [0.29, 0.717) is 23.7 Å². The van der Waals surface area contributed by atoms with Gasteiger partial charge in [0.15, 0.2) is 11.5 Å². The highest BCUT2D eigenvalue weighted by Crippen LogP contribution is 2.37. The topological polar surface area (TPSA) is 27.7 Å². The van der Waals surface area contributed by atoms with Gasteiger partial charge in [-0.3, -0.25) is 0 Å². The molecule has 0 aromatic heterocycles. The first-order valence-corrected chi connectivity index (χ1v) is 9.43. The molecule has 0 saturated carbocycles. The Morgan fingerprint density at radius 1 is 0.750 bits per heavy atom. The number of rotatable bonds is 7. The van der Waals surface area contributed by atoms with Crippen molar-refractivity contribution in [1.82, 2.24) is 0 Å². The first-order valence-electron chi connectivity index (χ1n) is 8.67. The highest BCUT2D eigenvalue weighted by atomic mass is 35.5. The molecule has 3 aromatic rings. The lowest BCUT2D eigenvalue weighted by atomic mass is 9.99. The normalized spacial score (nSPS) is 10.3. The molecule has 0 aliphatic carbocycles. The number of benzene rings is 3. The first-order chi connectivity index (χ1) is 13.6. The van der Waals surface area contributed by atoms with Crippen molar-refractivity contribution in [3.8, 4) is 17.2 Å². The summed E-state index contributed by atoms with van der Waals surface area (Å²) in [4.78, 5) is 0. The quantitative estimate of drug-likeness (QED) is 0.442. The van der Waals surface area contributed by atoms with Crippen molar-refractivity contribution < 1.29 is 14.2 Å². The fraction of sp³-hybridized carbons (Fsp3) is 0.130. The second-order valence-electron chi connectivity index (χ2n) is 6.00. The minimum absolute atomic E-state index is 0.171. The van der Waals surface area contributed by atoms with Crippen LogP contribution in [0.4, 0.5) is 0 Å². The molecule has 0 spiro atoms. The van der Waals surface area contributed by atoms with E-state index >= 15 is 0 Å². The van der Waals surface area contributed by atoms with Crippen LogP contribution in [0.3, 0.4) is 0 Å². The van der Waals surface area contributed by atoms with Crippen LogP contribution in [0.15, 0.2) is 77.3 Å². The van der Waals surface area contributed by atoms with Crippen LogP contribution in [0.25, 0.3) is 5.57 Å². The van der Waals surface area contributed by atoms with Crippen LogP contribution in [-0.2, 0) is 6.61 Å². The zero-order valence-electron chi connectivity index (χ0n) is 15.6. The molecule has 0 atom stereocenters. The summed E-state index contributed by atoms with van der Waals surface area (Å²) in [5.74, 6) is 2.01. The van der Waals surface area contributed by atoms with Gasteiger partial charge in [-0.25, -0.2) is 0 Å². The first kappa shape index (κ1) is 20.1. The zero-order chi connectivity index (χ0) is 19.9. The van der Waals surface area contributed by atoms with Crippen LogP contribution in [0, 0.1) is 0 Å². The van der Waals surface area contributed by atoms with Crippen molar-refractivity contribution in [2.75, 3.05) is 14.2 Å². The predicted molar refractivity (Wildman–Crippen MR) is 114 cm³/mol. The monoisotopic (exact) mass is 414 g/mol. The fourth-order valence-corrected chi connectivity index (χ4v) is 3.26. The Kier molecular flexibility index (Phi) is 6.85. The van der Waals surface area contributed by atoms with Gasteiger partial charge in [0.05, 0.1) is 14.2 Å². The number of ether oxygens (including phenoxy) is 3. The summed E-state index contributed by atoms with van der Waals surface area (Å²) < 4.78 is 16.8. The van der Waals surface area contributed by atoms with E-state index in [4.69, 9.17) is 37.4 Å². The van der Waals surface area contributed by atoms with Gasteiger partial charge >= 0.3 is 0 Å². The Bertz CT molecular complexity index is 947. The van der Waals surface area contributed by atoms with Crippen LogP contribution in [0.5, 0.6) is 17.2 Å². The molecule has 28 heavy (non-hydrogen) atoms. The number of hydrogen-bond acceptors (Lipinski definition) is 3. The van der Waals surface area contributed by atoms with Gasteiger partial charge in [0.1, 0.15) is 16.8 Å². The number of methoxy groups -OCH3 is 2. The second kappa shape index (κ2) is 9.54. The molecular weight excluding hydrogens is 395 g/mol. The summed E-state index contributed by atoms with van der Waals surface area (Å²) in [6, 6.07) is 23.1. The molecule has 144 valence electrons. The average Bonchev–Trinajstić information content (AvgIpc) is 2.73. The summed E-state index contributed by atoms with van der Waals surface area (Å²) in [7, 11) is 3.24. The molecule has 3 nitrogen and oxygen atoms in total. The van der Waals surface area contributed by atoms with E-state index in [1.54, 1.807) is 14.2 Å². The summed E-state index contributed by atoms with van der Waals surface area (Å²) in [5.41, 5.74) is 3.48. The average molecular weight is 415 g/mol. The van der Waals surface area contributed by atoms with Crippen molar-refractivity contribution in [2.45, 2.75) is 6.61 Å². The lowest BCUT2D eigenvalue weighted by Gasteiger charge is -2.15. The Balaban J connectivity index is 1.94.